The summed E-state index contributed by atoms with van der Waals surface area (Å²) in [6, 6.07) is 6.65. The number of piperazine rings is 1. The van der Waals surface area contributed by atoms with Gasteiger partial charge in [0.05, 0.1) is 16.3 Å². The van der Waals surface area contributed by atoms with Gasteiger partial charge in [0.15, 0.2) is 0 Å². The first-order chi connectivity index (χ1) is 22.1. The number of nitrogens with one attached hydrogen (secondary N) is 1. The molecule has 1 N–H and O–H groups in total. The second-order valence-corrected chi connectivity index (χ2v) is 16.0. The van der Waals surface area contributed by atoms with Crippen LogP contribution in [-0.2, 0) is 26.2 Å². The van der Waals surface area contributed by atoms with Crippen molar-refractivity contribution in [2.24, 2.45) is 5.92 Å². The van der Waals surface area contributed by atoms with Crippen molar-refractivity contribution >= 4 is 46.7 Å². The smallest absolute Gasteiger partial charge is 0.246 e. The van der Waals surface area contributed by atoms with E-state index < -0.39 is 15.6 Å². The summed E-state index contributed by atoms with van der Waals surface area (Å²) in [5.41, 5.74) is 3.17. The SMILES string of the molecule is CCCCN1C(=O)[C@H](CC2CCCCC2)NC(=O)C12CCN(Cc1c(C)nn(-c3ccc(S(=O)(=O)N4CCCC4)cc3)c1C)CC2.Cl.Cl. The summed E-state index contributed by atoms with van der Waals surface area (Å²) in [6.07, 6.45) is 11.8. The topological polar surface area (TPSA) is 108 Å². The average Bonchev–Trinajstić information content (AvgIpc) is 3.71. The number of aryl methyl sites for hydroxylation is 1. The van der Waals surface area contributed by atoms with Gasteiger partial charge in [0.2, 0.25) is 21.8 Å². The fraction of sp³-hybridized carbons (Fsp3) is 0.686. The van der Waals surface area contributed by atoms with Crippen molar-refractivity contribution < 1.29 is 18.0 Å². The number of benzene rings is 1. The Kier molecular flexibility index (Phi) is 13.1. The second kappa shape index (κ2) is 16.2. The summed E-state index contributed by atoms with van der Waals surface area (Å²) in [4.78, 5) is 32.4. The van der Waals surface area contributed by atoms with Crippen molar-refractivity contribution in [3.63, 3.8) is 0 Å². The summed E-state index contributed by atoms with van der Waals surface area (Å²) in [5, 5.41) is 8.05. The molecule has 1 atom stereocenters. The standard InChI is InChI=1S/C35H52N6O4S.2ClH/c1-4-5-21-40-33(42)32(24-28-11-7-6-8-12-28)36-34(43)35(40)17-22-38(23-18-35)25-31-26(2)37-41(27(31)3)29-13-15-30(16-14-29)46(44,45)39-19-9-10-20-39;;/h13-16,28,32H,4-12,17-25H2,1-3H3,(H,36,43);2*1H/t32-;;/m0../s1. The van der Waals surface area contributed by atoms with E-state index in [-0.39, 0.29) is 42.7 Å². The Morgan fingerprint density at radius 2 is 1.56 bits per heavy atom. The van der Waals surface area contributed by atoms with Gasteiger partial charge < -0.3 is 10.2 Å². The van der Waals surface area contributed by atoms with Crippen LogP contribution in [0.3, 0.4) is 0 Å². The maximum Gasteiger partial charge on any atom is 0.246 e. The lowest BCUT2D eigenvalue weighted by atomic mass is 9.79. The molecule has 2 aromatic rings. The number of rotatable bonds is 10. The number of sulfonamides is 1. The van der Waals surface area contributed by atoms with Crippen LogP contribution in [-0.4, -0.2) is 88.4 Å². The quantitative estimate of drug-likeness (QED) is 0.345. The second-order valence-electron chi connectivity index (χ2n) is 14.1. The van der Waals surface area contributed by atoms with Crippen LogP contribution in [0.5, 0.6) is 0 Å². The number of likely N-dealkylation sites (tertiary alicyclic amines) is 1. The number of amides is 2. The van der Waals surface area contributed by atoms with Crippen LogP contribution in [0.15, 0.2) is 29.2 Å². The van der Waals surface area contributed by atoms with Crippen LogP contribution < -0.4 is 5.32 Å². The zero-order valence-corrected chi connectivity index (χ0v) is 31.2. The first kappa shape index (κ1) is 38.6. The number of aromatic nitrogens is 2. The van der Waals surface area contributed by atoms with Crippen LogP contribution in [0.25, 0.3) is 5.69 Å². The average molecular weight is 726 g/mol. The molecule has 1 aromatic heterocycles. The Morgan fingerprint density at radius 1 is 0.917 bits per heavy atom. The Hall–Kier alpha value is -2.18. The molecular formula is C35H54Cl2N6O4S. The maximum absolute atomic E-state index is 13.9. The largest absolute Gasteiger partial charge is 0.342 e. The number of hydrogen-bond acceptors (Lipinski definition) is 6. The van der Waals surface area contributed by atoms with Crippen molar-refractivity contribution in [2.75, 3.05) is 32.7 Å². The van der Waals surface area contributed by atoms with Crippen LogP contribution in [0.4, 0.5) is 0 Å². The van der Waals surface area contributed by atoms with Gasteiger partial charge >= 0.3 is 0 Å². The van der Waals surface area contributed by atoms with E-state index in [1.54, 1.807) is 16.4 Å². The molecular weight excluding hydrogens is 671 g/mol. The van der Waals surface area contributed by atoms with E-state index in [4.69, 9.17) is 5.10 Å². The van der Waals surface area contributed by atoms with Crippen LogP contribution in [0.2, 0.25) is 0 Å². The zero-order chi connectivity index (χ0) is 32.5. The molecule has 3 saturated heterocycles. The van der Waals surface area contributed by atoms with Gasteiger partial charge in [-0.25, -0.2) is 13.1 Å². The van der Waals surface area contributed by atoms with Gasteiger partial charge in [-0.3, -0.25) is 14.5 Å². The van der Waals surface area contributed by atoms with Crippen molar-refractivity contribution in [1.82, 2.24) is 29.2 Å². The highest BCUT2D eigenvalue weighted by Gasteiger charge is 2.53. The molecule has 2 amide bonds. The van der Waals surface area contributed by atoms with Crippen LogP contribution in [0.1, 0.15) is 101 Å². The monoisotopic (exact) mass is 724 g/mol. The molecule has 1 saturated carbocycles. The third-order valence-corrected chi connectivity index (χ3v) is 13.0. The van der Waals surface area contributed by atoms with Crippen LogP contribution >= 0.6 is 24.8 Å². The Labute approximate surface area is 299 Å². The van der Waals surface area contributed by atoms with Gasteiger partial charge in [-0.15, -0.1) is 24.8 Å². The first-order valence-corrected chi connectivity index (χ1v) is 19.1. The minimum absolute atomic E-state index is 0. The molecule has 1 aliphatic carbocycles. The molecule has 1 spiro atoms. The van der Waals surface area contributed by atoms with E-state index >= 15 is 0 Å². The van der Waals surface area contributed by atoms with Gasteiger partial charge in [0.1, 0.15) is 11.6 Å². The molecule has 0 radical (unpaired) electrons. The fourth-order valence-electron chi connectivity index (χ4n) is 8.23. The number of piperidine rings is 1. The number of carbonyl (C=O) groups is 2. The molecule has 6 rings (SSSR count). The summed E-state index contributed by atoms with van der Waals surface area (Å²) < 4.78 is 29.5. The van der Waals surface area contributed by atoms with Gasteiger partial charge in [-0.2, -0.15) is 9.40 Å². The number of hydrogen-bond donors (Lipinski definition) is 1. The molecule has 0 unspecified atom stereocenters. The predicted molar refractivity (Wildman–Crippen MR) is 193 cm³/mol. The number of carbonyl (C=O) groups excluding carboxylic acids is 2. The van der Waals surface area contributed by atoms with Gasteiger partial charge in [0.25, 0.3) is 0 Å². The van der Waals surface area contributed by atoms with E-state index in [2.05, 4.69) is 24.1 Å². The van der Waals surface area contributed by atoms with Crippen molar-refractivity contribution in [3.05, 3.63) is 41.2 Å². The molecule has 48 heavy (non-hydrogen) atoms. The van der Waals surface area contributed by atoms with Gasteiger partial charge in [0, 0.05) is 50.5 Å². The number of unbranched alkanes of at least 4 members (excludes halogenated alkanes) is 1. The molecule has 3 aliphatic heterocycles. The highest BCUT2D eigenvalue weighted by atomic mass is 35.5. The highest BCUT2D eigenvalue weighted by Crippen LogP contribution is 2.37. The Balaban J connectivity index is 0.00000260. The lowest BCUT2D eigenvalue weighted by molar-refractivity contribution is -0.162. The summed E-state index contributed by atoms with van der Waals surface area (Å²) in [6.45, 7) is 10.2. The van der Waals surface area contributed by atoms with Gasteiger partial charge in [-0.05, 0) is 82.6 Å². The molecule has 4 heterocycles. The third-order valence-electron chi connectivity index (χ3n) is 11.1. The number of nitrogens with zero attached hydrogens (tertiary/aromatic N) is 5. The minimum Gasteiger partial charge on any atom is -0.342 e. The fourth-order valence-corrected chi connectivity index (χ4v) is 9.74. The van der Waals surface area contributed by atoms with E-state index in [0.717, 1.165) is 80.7 Å². The first-order valence-electron chi connectivity index (χ1n) is 17.6. The molecule has 0 bridgehead atoms. The lowest BCUT2D eigenvalue weighted by Gasteiger charge is -2.52. The van der Waals surface area contributed by atoms with E-state index in [0.29, 0.717) is 49.8 Å². The Morgan fingerprint density at radius 3 is 2.19 bits per heavy atom. The highest BCUT2D eigenvalue weighted by molar-refractivity contribution is 7.89. The normalized spacial score (nSPS) is 22.4. The summed E-state index contributed by atoms with van der Waals surface area (Å²) in [7, 11) is -3.46. The van der Waals surface area contributed by atoms with E-state index in [1.807, 2.05) is 28.6 Å². The molecule has 4 fully saturated rings. The molecule has 10 nitrogen and oxygen atoms in total. The number of halogens is 2. The molecule has 1 aromatic carbocycles. The summed E-state index contributed by atoms with van der Waals surface area (Å²) >= 11 is 0. The van der Waals surface area contributed by atoms with Gasteiger partial charge in [-0.1, -0.05) is 45.4 Å². The zero-order valence-electron chi connectivity index (χ0n) is 28.8. The van der Waals surface area contributed by atoms with Crippen molar-refractivity contribution in [3.8, 4) is 5.69 Å². The van der Waals surface area contributed by atoms with Crippen LogP contribution in [0, 0.1) is 19.8 Å². The van der Waals surface area contributed by atoms with Crippen molar-refractivity contribution in [2.45, 2.75) is 121 Å². The van der Waals surface area contributed by atoms with Crippen molar-refractivity contribution in [1.29, 1.82) is 0 Å². The molecule has 13 heteroatoms. The van der Waals surface area contributed by atoms with E-state index in [1.165, 1.54) is 19.3 Å². The third kappa shape index (κ3) is 7.60. The lowest BCUT2D eigenvalue weighted by Crippen LogP contribution is -2.73. The maximum atomic E-state index is 13.9. The van der Waals surface area contributed by atoms with E-state index in [9.17, 15) is 18.0 Å². The minimum atomic E-state index is -3.46. The summed E-state index contributed by atoms with van der Waals surface area (Å²) in [5.74, 6) is 0.693. The Bertz CT molecular complexity index is 1510. The molecule has 4 aliphatic rings. The predicted octanol–water partition coefficient (Wildman–Crippen LogP) is 5.55. The molecule has 268 valence electrons.